The van der Waals surface area contributed by atoms with Crippen molar-refractivity contribution in [2.75, 3.05) is 7.11 Å². The monoisotopic (exact) mass is 434 g/mol. The number of nitrogens with two attached hydrogens (primary N) is 1. The fraction of sp³-hybridized carbons (Fsp3) is 0.375. The van der Waals surface area contributed by atoms with Crippen LogP contribution in [0.15, 0.2) is 24.5 Å². The van der Waals surface area contributed by atoms with Crippen LogP contribution in [0.1, 0.15) is 52.9 Å². The number of H-pyrrole nitrogens is 1. The number of rotatable bonds is 5. The lowest BCUT2D eigenvalue weighted by Crippen LogP contribution is -2.38. The minimum Gasteiger partial charge on any atom is -0.479 e. The summed E-state index contributed by atoms with van der Waals surface area (Å²) in [6.07, 6.45) is 8.31. The summed E-state index contributed by atoms with van der Waals surface area (Å²) >= 11 is 0. The minimum atomic E-state index is -0.910. The van der Waals surface area contributed by atoms with E-state index in [1.807, 2.05) is 6.07 Å². The number of aromatic nitrogens is 3. The molecule has 0 aromatic carbocycles. The van der Waals surface area contributed by atoms with Crippen molar-refractivity contribution >= 4 is 5.97 Å². The number of aromatic amines is 1. The second-order valence-electron chi connectivity index (χ2n) is 9.21. The van der Waals surface area contributed by atoms with E-state index >= 15 is 0 Å². The highest BCUT2D eigenvalue weighted by Crippen LogP contribution is 2.64. The van der Waals surface area contributed by atoms with Gasteiger partial charge in [0.25, 0.3) is 0 Å². The summed E-state index contributed by atoms with van der Waals surface area (Å²) in [7, 11) is 1.37. The van der Waals surface area contributed by atoms with E-state index in [0.717, 1.165) is 53.8 Å². The van der Waals surface area contributed by atoms with E-state index in [0.29, 0.717) is 29.7 Å². The van der Waals surface area contributed by atoms with Crippen LogP contribution in [0.2, 0.25) is 0 Å². The predicted octanol–water partition coefficient (Wildman–Crippen LogP) is 3.61. The van der Waals surface area contributed by atoms with Crippen LogP contribution in [0.5, 0.6) is 5.88 Å². The summed E-state index contributed by atoms with van der Waals surface area (Å²) in [4.78, 5) is 24.4. The van der Waals surface area contributed by atoms with Gasteiger partial charge >= 0.3 is 5.97 Å². The van der Waals surface area contributed by atoms with Gasteiger partial charge in [0, 0.05) is 40.2 Å². The Morgan fingerprint density at radius 2 is 1.97 bits per heavy atom. The smallest absolute Gasteiger partial charge is 0.337 e. The van der Waals surface area contributed by atoms with E-state index in [2.05, 4.69) is 15.0 Å². The average molecular weight is 434 g/mol. The minimum absolute atomic E-state index is 0.0698. The molecular formula is C24H23FN4O3. The quantitative estimate of drug-likeness (QED) is 0.565. The van der Waals surface area contributed by atoms with E-state index in [1.165, 1.54) is 19.4 Å². The maximum absolute atomic E-state index is 14.2. The molecule has 2 saturated carbocycles. The van der Waals surface area contributed by atoms with Gasteiger partial charge in [-0.15, -0.1) is 0 Å². The molecule has 0 bridgehead atoms. The number of methoxy groups -OCH3 is 1. The van der Waals surface area contributed by atoms with Crippen LogP contribution in [0.25, 0.3) is 22.5 Å². The molecule has 3 aliphatic carbocycles. The average Bonchev–Trinajstić information content (AvgIpc) is 3.70. The van der Waals surface area contributed by atoms with Gasteiger partial charge in [0.05, 0.1) is 24.1 Å². The zero-order valence-corrected chi connectivity index (χ0v) is 17.7. The second-order valence-corrected chi connectivity index (χ2v) is 9.21. The van der Waals surface area contributed by atoms with Gasteiger partial charge in [0.15, 0.2) is 5.82 Å². The summed E-state index contributed by atoms with van der Waals surface area (Å²) in [5.41, 5.74) is 11.9. The molecule has 0 atom stereocenters. The van der Waals surface area contributed by atoms with Crippen molar-refractivity contribution in [3.63, 3.8) is 0 Å². The first-order chi connectivity index (χ1) is 15.4. The van der Waals surface area contributed by atoms with Crippen LogP contribution < -0.4 is 10.5 Å². The Balaban J connectivity index is 1.50. The molecule has 6 rings (SSSR count). The Hall–Kier alpha value is -3.26. The summed E-state index contributed by atoms with van der Waals surface area (Å²) < 4.78 is 19.1. The normalized spacial score (nSPS) is 19.1. The van der Waals surface area contributed by atoms with Gasteiger partial charge in [-0.25, -0.2) is 14.2 Å². The van der Waals surface area contributed by atoms with Crippen LogP contribution in [0.4, 0.5) is 4.39 Å². The van der Waals surface area contributed by atoms with Crippen molar-refractivity contribution in [3.05, 3.63) is 52.7 Å². The first-order valence-corrected chi connectivity index (χ1v) is 10.8. The number of carbonyl (C=O) groups is 1. The van der Waals surface area contributed by atoms with Gasteiger partial charge in [-0.05, 0) is 61.8 Å². The maximum Gasteiger partial charge on any atom is 0.337 e. The van der Waals surface area contributed by atoms with Crippen LogP contribution in [-0.4, -0.2) is 38.7 Å². The number of carboxylic acids is 1. The molecule has 0 aliphatic heterocycles. The van der Waals surface area contributed by atoms with Crippen molar-refractivity contribution in [3.8, 4) is 28.4 Å². The van der Waals surface area contributed by atoms with Gasteiger partial charge in [-0.1, -0.05) is 0 Å². The SMILES string of the molecule is COc1ncc(-c2cc3c(cn2)CCc2c-3[nH]c(C3(C4(N)CC4)CC3)c2C(=O)O)cc1F. The lowest BCUT2D eigenvalue weighted by atomic mass is 9.85. The van der Waals surface area contributed by atoms with E-state index in [4.69, 9.17) is 10.5 Å². The summed E-state index contributed by atoms with van der Waals surface area (Å²) in [6, 6.07) is 3.23. The van der Waals surface area contributed by atoms with Crippen molar-refractivity contribution < 1.29 is 19.0 Å². The standard InChI is InChI=1S/C24H23FN4O3/c1-32-21-16(25)8-13(11-28-21)17-9-15-12(10-27-17)2-3-14-18(22(30)31)20(29-19(14)15)23(4-5-23)24(26)6-7-24/h8-11,29H,2-7,26H2,1H3,(H,30,31). The van der Waals surface area contributed by atoms with Crippen molar-refractivity contribution in [1.29, 1.82) is 0 Å². The van der Waals surface area contributed by atoms with Crippen LogP contribution in [-0.2, 0) is 18.3 Å². The van der Waals surface area contributed by atoms with Crippen LogP contribution >= 0.6 is 0 Å². The highest BCUT2D eigenvalue weighted by atomic mass is 19.1. The molecule has 8 heteroatoms. The Bertz CT molecular complexity index is 1290. The molecule has 3 aliphatic rings. The van der Waals surface area contributed by atoms with Gasteiger partial charge < -0.3 is 20.6 Å². The van der Waals surface area contributed by atoms with Crippen molar-refractivity contribution in [2.24, 2.45) is 5.73 Å². The van der Waals surface area contributed by atoms with Crippen molar-refractivity contribution in [2.45, 2.75) is 49.5 Å². The number of aromatic carboxylic acids is 1. The van der Waals surface area contributed by atoms with Gasteiger partial charge in [-0.3, -0.25) is 4.98 Å². The van der Waals surface area contributed by atoms with Crippen LogP contribution in [0.3, 0.4) is 0 Å². The summed E-state index contributed by atoms with van der Waals surface area (Å²) in [5, 5.41) is 10.1. The van der Waals surface area contributed by atoms with E-state index in [-0.39, 0.29) is 16.8 Å². The lowest BCUT2D eigenvalue weighted by Gasteiger charge is -2.22. The largest absolute Gasteiger partial charge is 0.479 e. The third-order valence-electron chi connectivity index (χ3n) is 7.48. The fourth-order valence-electron chi connectivity index (χ4n) is 5.40. The fourth-order valence-corrected chi connectivity index (χ4v) is 5.40. The third-order valence-corrected chi connectivity index (χ3v) is 7.48. The maximum atomic E-state index is 14.2. The highest BCUT2D eigenvalue weighted by molar-refractivity contribution is 5.95. The number of carboxylic acid groups (broad SMARTS) is 1. The van der Waals surface area contributed by atoms with E-state index in [1.54, 1.807) is 6.20 Å². The number of nitrogens with zero attached hydrogens (tertiary/aromatic N) is 2. The lowest BCUT2D eigenvalue weighted by molar-refractivity contribution is 0.0693. The van der Waals surface area contributed by atoms with Crippen molar-refractivity contribution in [1.82, 2.24) is 15.0 Å². The molecule has 0 radical (unpaired) electrons. The molecule has 3 aromatic heterocycles. The number of ether oxygens (including phenoxy) is 1. The first kappa shape index (κ1) is 19.4. The zero-order chi connectivity index (χ0) is 22.3. The molecule has 0 unspecified atom stereocenters. The van der Waals surface area contributed by atoms with E-state index in [9.17, 15) is 14.3 Å². The Kier molecular flexibility index (Phi) is 3.88. The number of hydrogen-bond donors (Lipinski definition) is 3. The number of aryl methyl sites for hydroxylation is 1. The molecule has 164 valence electrons. The van der Waals surface area contributed by atoms with Crippen LogP contribution in [0, 0.1) is 5.82 Å². The predicted molar refractivity (Wildman–Crippen MR) is 115 cm³/mol. The van der Waals surface area contributed by atoms with Gasteiger partial charge in [-0.2, -0.15) is 0 Å². The molecular weight excluding hydrogens is 411 g/mol. The Morgan fingerprint density at radius 3 is 2.59 bits per heavy atom. The second kappa shape index (κ2) is 6.38. The number of nitrogens with one attached hydrogen (secondary N) is 1. The Labute approximate surface area is 183 Å². The number of hydrogen-bond acceptors (Lipinski definition) is 5. The molecule has 0 spiro atoms. The van der Waals surface area contributed by atoms with Gasteiger partial charge in [0.1, 0.15) is 0 Å². The molecule has 32 heavy (non-hydrogen) atoms. The number of halogens is 1. The molecule has 3 heterocycles. The molecule has 0 amide bonds. The number of fused-ring (bicyclic) bond motifs is 3. The number of pyridine rings is 2. The highest BCUT2D eigenvalue weighted by Gasteiger charge is 2.66. The third kappa shape index (κ3) is 2.59. The molecule has 7 nitrogen and oxygen atoms in total. The topological polar surface area (TPSA) is 114 Å². The first-order valence-electron chi connectivity index (χ1n) is 10.8. The molecule has 0 saturated heterocycles. The summed E-state index contributed by atoms with van der Waals surface area (Å²) in [5.74, 6) is -1.54. The molecule has 4 N–H and O–H groups in total. The Morgan fingerprint density at radius 1 is 1.19 bits per heavy atom. The van der Waals surface area contributed by atoms with E-state index < -0.39 is 11.8 Å². The zero-order valence-electron chi connectivity index (χ0n) is 17.7. The molecule has 2 fully saturated rings. The summed E-state index contributed by atoms with van der Waals surface area (Å²) in [6.45, 7) is 0. The van der Waals surface area contributed by atoms with Gasteiger partial charge in [0.2, 0.25) is 5.88 Å². The molecule has 3 aromatic rings.